The van der Waals surface area contributed by atoms with Gasteiger partial charge in [0.25, 0.3) is 0 Å². The molecule has 24 heavy (non-hydrogen) atoms. The van der Waals surface area contributed by atoms with Gasteiger partial charge in [0.2, 0.25) is 0 Å². The molecule has 1 aliphatic heterocycles. The molecule has 1 atom stereocenters. The summed E-state index contributed by atoms with van der Waals surface area (Å²) in [6.07, 6.45) is 1.75. The quantitative estimate of drug-likeness (QED) is 0.844. The Bertz CT molecular complexity index is 816. The molecule has 0 saturated heterocycles. The Morgan fingerprint density at radius 2 is 1.50 bits per heavy atom. The van der Waals surface area contributed by atoms with E-state index in [0.29, 0.717) is 11.4 Å². The van der Waals surface area contributed by atoms with Crippen LogP contribution < -0.4 is 5.32 Å². The van der Waals surface area contributed by atoms with Crippen LogP contribution in [0.25, 0.3) is 5.57 Å². The minimum atomic E-state index is -0.302. The molecule has 124 valence electrons. The lowest BCUT2D eigenvalue weighted by molar-refractivity contribution is 0.350. The number of hydrogen-bond acceptors (Lipinski definition) is 2. The van der Waals surface area contributed by atoms with E-state index in [9.17, 15) is 8.78 Å². The summed E-state index contributed by atoms with van der Waals surface area (Å²) in [4.78, 5) is 4.45. The van der Waals surface area contributed by atoms with Gasteiger partial charge in [0.05, 0.1) is 6.04 Å². The van der Waals surface area contributed by atoms with Crippen LogP contribution in [0.1, 0.15) is 31.9 Å². The largest absolute Gasteiger partial charge is 0.362 e. The number of rotatable bonds is 2. The van der Waals surface area contributed by atoms with Crippen molar-refractivity contribution >= 4 is 11.4 Å². The molecule has 4 heteroatoms. The zero-order chi connectivity index (χ0) is 17.3. The summed E-state index contributed by atoms with van der Waals surface area (Å²) in [5.41, 5.74) is 2.28. The summed E-state index contributed by atoms with van der Waals surface area (Å²) in [6.45, 7) is 6.31. The second-order valence-corrected chi connectivity index (χ2v) is 7.03. The van der Waals surface area contributed by atoms with E-state index < -0.39 is 0 Å². The topological polar surface area (TPSA) is 24.4 Å². The highest BCUT2D eigenvalue weighted by Gasteiger charge is 2.32. The molecule has 1 unspecified atom stereocenters. The average molecular weight is 326 g/mol. The van der Waals surface area contributed by atoms with Gasteiger partial charge in [-0.1, -0.05) is 45.0 Å². The molecule has 0 saturated carbocycles. The zero-order valence-corrected chi connectivity index (χ0v) is 14.0. The van der Waals surface area contributed by atoms with Crippen molar-refractivity contribution in [3.8, 4) is 0 Å². The van der Waals surface area contributed by atoms with Crippen LogP contribution in [0.5, 0.6) is 0 Å². The Hall–Kier alpha value is -2.49. The lowest BCUT2D eigenvalue weighted by Crippen LogP contribution is -2.46. The maximum Gasteiger partial charge on any atom is 0.133 e. The molecule has 0 radical (unpaired) electrons. The van der Waals surface area contributed by atoms with Crippen molar-refractivity contribution in [1.82, 2.24) is 5.32 Å². The molecular formula is C20H20F2N2. The number of hydrogen-bond donors (Lipinski definition) is 1. The van der Waals surface area contributed by atoms with E-state index in [4.69, 9.17) is 0 Å². The predicted octanol–water partition coefficient (Wildman–Crippen LogP) is 4.77. The normalized spacial score (nSPS) is 17.8. The van der Waals surface area contributed by atoms with Gasteiger partial charge in [-0.25, -0.2) is 13.8 Å². The lowest BCUT2D eigenvalue weighted by Gasteiger charge is -2.36. The summed E-state index contributed by atoms with van der Waals surface area (Å²) in [6, 6.07) is 12.8. The van der Waals surface area contributed by atoms with Crippen LogP contribution in [0.3, 0.4) is 0 Å². The minimum absolute atomic E-state index is 0.0740. The molecule has 0 aliphatic carbocycles. The Morgan fingerprint density at radius 1 is 0.917 bits per heavy atom. The van der Waals surface area contributed by atoms with Crippen molar-refractivity contribution in [3.05, 3.63) is 77.5 Å². The van der Waals surface area contributed by atoms with Gasteiger partial charge in [-0.3, -0.25) is 0 Å². The van der Waals surface area contributed by atoms with Crippen molar-refractivity contribution in [3.63, 3.8) is 0 Å². The maximum atomic E-state index is 13.6. The minimum Gasteiger partial charge on any atom is -0.362 e. The first-order valence-electron chi connectivity index (χ1n) is 7.91. The van der Waals surface area contributed by atoms with E-state index in [0.717, 1.165) is 11.1 Å². The van der Waals surface area contributed by atoms with E-state index in [1.807, 2.05) is 12.1 Å². The van der Waals surface area contributed by atoms with Crippen molar-refractivity contribution in [2.45, 2.75) is 26.8 Å². The summed E-state index contributed by atoms with van der Waals surface area (Å²) >= 11 is 0. The van der Waals surface area contributed by atoms with Crippen LogP contribution >= 0.6 is 0 Å². The Balaban J connectivity index is 2.06. The number of nitrogens with one attached hydrogen (secondary N) is 1. The molecule has 1 heterocycles. The van der Waals surface area contributed by atoms with Gasteiger partial charge in [-0.2, -0.15) is 0 Å². The van der Waals surface area contributed by atoms with Gasteiger partial charge >= 0.3 is 0 Å². The van der Waals surface area contributed by atoms with Crippen molar-refractivity contribution in [2.75, 3.05) is 0 Å². The number of halogens is 2. The van der Waals surface area contributed by atoms with Gasteiger partial charge < -0.3 is 5.32 Å². The van der Waals surface area contributed by atoms with Crippen LogP contribution in [0.15, 0.2) is 59.7 Å². The van der Waals surface area contributed by atoms with Crippen molar-refractivity contribution < 1.29 is 8.78 Å². The molecule has 2 nitrogen and oxygen atoms in total. The number of aliphatic imine (C=N–C) groups is 1. The highest BCUT2D eigenvalue weighted by atomic mass is 19.1. The molecule has 1 N–H and O–H groups in total. The molecule has 1 aliphatic rings. The summed E-state index contributed by atoms with van der Waals surface area (Å²) in [5.74, 6) is 0.0414. The van der Waals surface area contributed by atoms with Crippen LogP contribution in [-0.2, 0) is 0 Å². The standard InChI is InChI=1S/C20H20F2N2/c1-20(2,3)18-17(13-6-4-8-15(21)10-13)12-23-19(24-18)14-7-5-9-16(22)11-14/h4-12,18H,1-3H3,(H,23,24). The van der Waals surface area contributed by atoms with E-state index in [2.05, 4.69) is 31.1 Å². The van der Waals surface area contributed by atoms with Crippen LogP contribution in [0.4, 0.5) is 8.78 Å². The third-order valence-corrected chi connectivity index (χ3v) is 4.05. The molecule has 0 spiro atoms. The lowest BCUT2D eigenvalue weighted by atomic mass is 9.79. The Morgan fingerprint density at radius 3 is 2.08 bits per heavy atom. The molecule has 2 aromatic carbocycles. The van der Waals surface area contributed by atoms with Gasteiger partial charge in [-0.05, 0) is 35.2 Å². The predicted molar refractivity (Wildman–Crippen MR) is 93.7 cm³/mol. The molecule has 0 bridgehead atoms. The highest BCUT2D eigenvalue weighted by molar-refractivity contribution is 6.02. The van der Waals surface area contributed by atoms with E-state index in [1.54, 1.807) is 18.3 Å². The van der Waals surface area contributed by atoms with E-state index in [1.165, 1.54) is 24.3 Å². The third kappa shape index (κ3) is 3.37. The van der Waals surface area contributed by atoms with Crippen molar-refractivity contribution in [1.29, 1.82) is 0 Å². The first kappa shape index (κ1) is 16.4. The fraction of sp³-hybridized carbons (Fsp3) is 0.250. The summed E-state index contributed by atoms with van der Waals surface area (Å²) in [5, 5.41) is 3.40. The number of nitrogens with zero attached hydrogens (tertiary/aromatic N) is 1. The maximum absolute atomic E-state index is 13.6. The second-order valence-electron chi connectivity index (χ2n) is 7.03. The zero-order valence-electron chi connectivity index (χ0n) is 14.0. The highest BCUT2D eigenvalue weighted by Crippen LogP contribution is 2.33. The monoisotopic (exact) mass is 326 g/mol. The smallest absolute Gasteiger partial charge is 0.133 e. The van der Waals surface area contributed by atoms with Crippen LogP contribution in [0, 0.1) is 17.0 Å². The van der Waals surface area contributed by atoms with Gasteiger partial charge in [0.1, 0.15) is 17.5 Å². The van der Waals surface area contributed by atoms with Gasteiger partial charge in [0, 0.05) is 17.3 Å². The molecule has 0 aromatic heterocycles. The Kier molecular flexibility index (Phi) is 4.22. The fourth-order valence-corrected chi connectivity index (χ4v) is 2.85. The van der Waals surface area contributed by atoms with Gasteiger partial charge in [-0.15, -0.1) is 0 Å². The van der Waals surface area contributed by atoms with Crippen LogP contribution in [0.2, 0.25) is 0 Å². The first-order valence-corrected chi connectivity index (χ1v) is 7.91. The Labute approximate surface area is 140 Å². The summed E-state index contributed by atoms with van der Waals surface area (Å²) in [7, 11) is 0. The number of benzene rings is 2. The van der Waals surface area contributed by atoms with Crippen LogP contribution in [-0.4, -0.2) is 11.9 Å². The van der Waals surface area contributed by atoms with Crippen molar-refractivity contribution in [2.24, 2.45) is 10.4 Å². The van der Waals surface area contributed by atoms with E-state index >= 15 is 0 Å². The van der Waals surface area contributed by atoms with E-state index in [-0.39, 0.29) is 23.1 Å². The molecular weight excluding hydrogens is 306 g/mol. The first-order chi connectivity index (χ1) is 11.3. The fourth-order valence-electron chi connectivity index (χ4n) is 2.85. The molecule has 3 rings (SSSR count). The average Bonchev–Trinajstić information content (AvgIpc) is 2.53. The SMILES string of the molecule is CC(C)(C)C1NC(c2cccc(F)c2)=NC=C1c1cccc(F)c1. The third-order valence-electron chi connectivity index (χ3n) is 4.05. The summed E-state index contributed by atoms with van der Waals surface area (Å²) < 4.78 is 27.1. The second kappa shape index (κ2) is 6.19. The molecule has 0 amide bonds. The number of amidine groups is 1. The van der Waals surface area contributed by atoms with Gasteiger partial charge in [0.15, 0.2) is 0 Å². The molecule has 2 aromatic rings. The molecule has 0 fully saturated rings.